The summed E-state index contributed by atoms with van der Waals surface area (Å²) in [4.78, 5) is 0. The Bertz CT molecular complexity index is 2800. The van der Waals surface area contributed by atoms with Crippen molar-refractivity contribution in [3.8, 4) is 33.6 Å². The van der Waals surface area contributed by atoms with Crippen LogP contribution in [0.3, 0.4) is 0 Å². The number of rotatable bonds is 4. The van der Waals surface area contributed by atoms with Gasteiger partial charge < -0.3 is 9.13 Å². The minimum atomic E-state index is 1.16. The number of benzene rings is 8. The number of aromatic nitrogens is 2. The third-order valence-electron chi connectivity index (χ3n) is 9.93. The van der Waals surface area contributed by atoms with Gasteiger partial charge in [0, 0.05) is 32.6 Å². The number of hydrogen-bond acceptors (Lipinski definition) is 0. The molecule has 0 radical (unpaired) electrons. The molecule has 0 unspecified atom stereocenters. The summed E-state index contributed by atoms with van der Waals surface area (Å²) in [7, 11) is 0. The predicted molar refractivity (Wildman–Crippen MR) is 203 cm³/mol. The lowest BCUT2D eigenvalue weighted by atomic mass is 9.97. The van der Waals surface area contributed by atoms with Gasteiger partial charge in [0.2, 0.25) is 0 Å². The zero-order valence-corrected chi connectivity index (χ0v) is 26.2. The van der Waals surface area contributed by atoms with Crippen molar-refractivity contribution < 1.29 is 0 Å². The maximum absolute atomic E-state index is 2.47. The molecule has 2 aromatic heterocycles. The molecule has 224 valence electrons. The summed E-state index contributed by atoms with van der Waals surface area (Å²) >= 11 is 0. The van der Waals surface area contributed by atoms with Gasteiger partial charge >= 0.3 is 0 Å². The highest BCUT2D eigenvalue weighted by atomic mass is 15.0. The predicted octanol–water partition coefficient (Wildman–Crippen LogP) is 12.4. The molecule has 0 saturated heterocycles. The molecular formula is C46H30N2. The molecule has 10 aromatic rings. The molecule has 0 aliphatic carbocycles. The first-order chi connectivity index (χ1) is 23.8. The molecule has 0 aliphatic heterocycles. The van der Waals surface area contributed by atoms with Crippen LogP contribution in [0.4, 0.5) is 0 Å². The first-order valence-electron chi connectivity index (χ1n) is 16.5. The highest BCUT2D eigenvalue weighted by Crippen LogP contribution is 2.42. The monoisotopic (exact) mass is 610 g/mol. The van der Waals surface area contributed by atoms with E-state index in [9.17, 15) is 0 Å². The lowest BCUT2D eigenvalue weighted by Crippen LogP contribution is -1.96. The Morgan fingerprint density at radius 1 is 0.271 bits per heavy atom. The van der Waals surface area contributed by atoms with Crippen LogP contribution in [0.2, 0.25) is 0 Å². The third kappa shape index (κ3) is 4.00. The summed E-state index contributed by atoms with van der Waals surface area (Å²) in [6.45, 7) is 0. The van der Waals surface area contributed by atoms with Crippen LogP contribution < -0.4 is 0 Å². The second-order valence-electron chi connectivity index (χ2n) is 12.5. The Hall–Kier alpha value is -6.38. The fraction of sp³-hybridized carbons (Fsp3) is 0. The zero-order chi connectivity index (χ0) is 31.6. The van der Waals surface area contributed by atoms with Crippen LogP contribution in [0.25, 0.3) is 88.0 Å². The molecule has 0 spiro atoms. The molecule has 0 fully saturated rings. The quantitative estimate of drug-likeness (QED) is 0.188. The smallest absolute Gasteiger partial charge is 0.0549 e. The van der Waals surface area contributed by atoms with Crippen molar-refractivity contribution in [3.05, 3.63) is 182 Å². The van der Waals surface area contributed by atoms with Crippen molar-refractivity contribution in [1.82, 2.24) is 9.13 Å². The van der Waals surface area contributed by atoms with Gasteiger partial charge in [-0.1, -0.05) is 140 Å². The maximum Gasteiger partial charge on any atom is 0.0549 e. The molecular weight excluding hydrogens is 581 g/mol. The van der Waals surface area contributed by atoms with E-state index in [1.165, 1.54) is 82.3 Å². The van der Waals surface area contributed by atoms with E-state index in [-0.39, 0.29) is 0 Å². The molecule has 0 saturated carbocycles. The van der Waals surface area contributed by atoms with Gasteiger partial charge in [-0.3, -0.25) is 0 Å². The van der Waals surface area contributed by atoms with E-state index in [1.807, 2.05) is 0 Å². The second-order valence-corrected chi connectivity index (χ2v) is 12.5. The summed E-state index contributed by atoms with van der Waals surface area (Å²) < 4.78 is 4.90. The molecule has 0 aliphatic rings. The third-order valence-corrected chi connectivity index (χ3v) is 9.93. The molecule has 2 heterocycles. The highest BCUT2D eigenvalue weighted by Gasteiger charge is 2.20. The van der Waals surface area contributed by atoms with E-state index in [0.717, 1.165) is 5.69 Å². The average molecular weight is 611 g/mol. The van der Waals surface area contributed by atoms with Gasteiger partial charge in [-0.25, -0.2) is 0 Å². The summed E-state index contributed by atoms with van der Waals surface area (Å²) in [5.74, 6) is 0. The van der Waals surface area contributed by atoms with Gasteiger partial charge in [-0.15, -0.1) is 0 Å². The van der Waals surface area contributed by atoms with Crippen LogP contribution in [0.1, 0.15) is 0 Å². The topological polar surface area (TPSA) is 9.86 Å². The van der Waals surface area contributed by atoms with Gasteiger partial charge in [0.15, 0.2) is 0 Å². The Morgan fingerprint density at radius 3 is 1.40 bits per heavy atom. The van der Waals surface area contributed by atoms with Crippen molar-refractivity contribution in [3.63, 3.8) is 0 Å². The Kier molecular flexibility index (Phi) is 5.91. The van der Waals surface area contributed by atoms with Crippen molar-refractivity contribution >= 4 is 54.4 Å². The number of nitrogens with zero attached hydrogens (tertiary/aromatic N) is 2. The largest absolute Gasteiger partial charge is 0.309 e. The first kappa shape index (κ1) is 26.8. The lowest BCUT2D eigenvalue weighted by molar-refractivity contribution is 1.18. The fourth-order valence-corrected chi connectivity index (χ4v) is 7.75. The molecule has 2 heteroatoms. The summed E-state index contributed by atoms with van der Waals surface area (Å²) in [6.07, 6.45) is 0. The van der Waals surface area contributed by atoms with Crippen molar-refractivity contribution in [2.24, 2.45) is 0 Å². The number of fused-ring (bicyclic) bond motifs is 7. The molecule has 2 nitrogen and oxygen atoms in total. The molecule has 8 aromatic carbocycles. The Morgan fingerprint density at radius 2 is 0.750 bits per heavy atom. The molecule has 10 rings (SSSR count). The summed E-state index contributed by atoms with van der Waals surface area (Å²) in [5.41, 5.74) is 12.1. The number of hydrogen-bond donors (Lipinski definition) is 0. The van der Waals surface area contributed by atoms with E-state index in [1.54, 1.807) is 0 Å². The van der Waals surface area contributed by atoms with E-state index >= 15 is 0 Å². The van der Waals surface area contributed by atoms with Crippen LogP contribution in [-0.2, 0) is 0 Å². The normalized spacial score (nSPS) is 11.8. The SMILES string of the molecule is c1ccc(-c2ccc(-n3c4ccccc4c4cc5c(cc43)c3ccccc3n5-c3ccc(-c4ccccc4)c4ccccc34)cc2)cc1. The van der Waals surface area contributed by atoms with E-state index < -0.39 is 0 Å². The van der Waals surface area contributed by atoms with Crippen LogP contribution in [0.15, 0.2) is 182 Å². The maximum atomic E-state index is 2.47. The van der Waals surface area contributed by atoms with Gasteiger partial charge in [0.05, 0.1) is 27.8 Å². The van der Waals surface area contributed by atoms with Crippen LogP contribution in [-0.4, -0.2) is 9.13 Å². The minimum Gasteiger partial charge on any atom is -0.309 e. The summed E-state index contributed by atoms with van der Waals surface area (Å²) in [6, 6.07) is 66.2. The highest BCUT2D eigenvalue weighted by molar-refractivity contribution is 6.19. The summed E-state index contributed by atoms with van der Waals surface area (Å²) in [5, 5.41) is 7.49. The van der Waals surface area contributed by atoms with Crippen LogP contribution in [0, 0.1) is 0 Å². The Labute approximate surface area is 278 Å². The van der Waals surface area contributed by atoms with Crippen LogP contribution >= 0.6 is 0 Å². The minimum absolute atomic E-state index is 1.16. The van der Waals surface area contributed by atoms with E-state index in [4.69, 9.17) is 0 Å². The van der Waals surface area contributed by atoms with Gasteiger partial charge in [0.25, 0.3) is 0 Å². The molecule has 0 amide bonds. The van der Waals surface area contributed by atoms with Crippen LogP contribution in [0.5, 0.6) is 0 Å². The van der Waals surface area contributed by atoms with E-state index in [0.29, 0.717) is 0 Å². The second kappa shape index (κ2) is 10.6. The fourth-order valence-electron chi connectivity index (χ4n) is 7.75. The molecule has 0 N–H and O–H groups in total. The Balaban J connectivity index is 1.25. The molecule has 48 heavy (non-hydrogen) atoms. The zero-order valence-electron chi connectivity index (χ0n) is 26.2. The van der Waals surface area contributed by atoms with Crippen molar-refractivity contribution in [2.45, 2.75) is 0 Å². The average Bonchev–Trinajstić information content (AvgIpc) is 3.66. The standard InChI is InChI=1S/C46H30N2/c1-3-13-31(14-4-1)32-23-25-34(26-24-32)47-42-21-11-9-19-38(42)40-30-46-41(29-45(40)47)39-20-10-12-22-43(39)48(46)44-28-27-35(33-15-5-2-6-16-33)36-17-7-8-18-37(36)44/h1-30H. The van der Waals surface area contributed by atoms with E-state index in [2.05, 4.69) is 191 Å². The van der Waals surface area contributed by atoms with Gasteiger partial charge in [-0.05, 0) is 70.1 Å². The lowest BCUT2D eigenvalue weighted by Gasteiger charge is -2.15. The number of para-hydroxylation sites is 2. The van der Waals surface area contributed by atoms with Gasteiger partial charge in [-0.2, -0.15) is 0 Å². The van der Waals surface area contributed by atoms with Crippen molar-refractivity contribution in [1.29, 1.82) is 0 Å². The van der Waals surface area contributed by atoms with Crippen molar-refractivity contribution in [2.75, 3.05) is 0 Å². The van der Waals surface area contributed by atoms with Gasteiger partial charge in [0.1, 0.15) is 0 Å². The molecule has 0 bridgehead atoms. The first-order valence-corrected chi connectivity index (χ1v) is 16.5. The molecule has 0 atom stereocenters.